The van der Waals surface area contributed by atoms with E-state index in [1.54, 1.807) is 0 Å². The Hall–Kier alpha value is 0.690. The molecular formula is C39H82NO6PS2. The van der Waals surface area contributed by atoms with Crippen molar-refractivity contribution in [1.82, 2.24) is 0 Å². The third-order valence-corrected chi connectivity index (χ3v) is 12.0. The normalized spacial score (nSPS) is 13.6. The van der Waals surface area contributed by atoms with Crippen LogP contribution in [-0.4, -0.2) is 73.6 Å². The highest BCUT2D eigenvalue weighted by molar-refractivity contribution is 7.99. The minimum absolute atomic E-state index is 0.0218. The second kappa shape index (κ2) is 41.4. The smallest absolute Gasteiger partial charge is 0.379 e. The number of unbranched alkanes of at least 4 members (excludes halogenated alkanes) is 22. The van der Waals surface area contributed by atoms with Crippen LogP contribution in [0.15, 0.2) is 0 Å². The van der Waals surface area contributed by atoms with Crippen LogP contribution in [0.4, 0.5) is 0 Å². The molecule has 0 aromatic rings. The zero-order valence-electron chi connectivity index (χ0n) is 32.4. The van der Waals surface area contributed by atoms with E-state index in [0.717, 1.165) is 19.3 Å². The van der Waals surface area contributed by atoms with Gasteiger partial charge in [0.1, 0.15) is 6.10 Å². The Morgan fingerprint density at radius 3 is 1.33 bits per heavy atom. The van der Waals surface area contributed by atoms with E-state index in [-0.39, 0.29) is 19.8 Å². The summed E-state index contributed by atoms with van der Waals surface area (Å²) >= 11 is 4.28. The number of nitrogens with two attached hydrogens (primary N) is 1. The molecular weight excluding hydrogens is 674 g/mol. The molecule has 10 heteroatoms. The van der Waals surface area contributed by atoms with Crippen LogP contribution < -0.4 is 5.73 Å². The molecule has 1 unspecified atom stereocenters. The standard InChI is InChI=1S/C39H82NO6PS2/c1-3-5-7-9-19-25-33-48-35-27-21-15-11-13-17-23-30-43-37-39(38-46-47(41,42)45-32-29-40)44-31-24-18-14-12-16-22-28-36-49-34-26-20-10-8-6-4-2/h39H,3-38,40H2,1-2H3,(H,41,42)/t39-/m0/s1. The summed E-state index contributed by atoms with van der Waals surface area (Å²) in [6.07, 6.45) is 33.7. The van der Waals surface area contributed by atoms with E-state index in [4.69, 9.17) is 24.3 Å². The SMILES string of the molecule is CCCCCCCCSCCCCCCCCCOC[C@@H](COP(=O)(O)OCCN)OCCCCCCCCCSCCCCCCCC. The number of ether oxygens (including phenoxy) is 2. The lowest BCUT2D eigenvalue weighted by Gasteiger charge is -2.20. The third kappa shape index (κ3) is 41.3. The molecule has 0 amide bonds. The van der Waals surface area contributed by atoms with Crippen molar-refractivity contribution < 1.29 is 28.0 Å². The van der Waals surface area contributed by atoms with Gasteiger partial charge < -0.3 is 20.1 Å². The zero-order chi connectivity index (χ0) is 35.8. The van der Waals surface area contributed by atoms with Crippen molar-refractivity contribution in [3.63, 3.8) is 0 Å². The molecule has 0 radical (unpaired) electrons. The average molecular weight is 756 g/mol. The maximum Gasteiger partial charge on any atom is 0.472 e. The van der Waals surface area contributed by atoms with E-state index in [1.165, 1.54) is 171 Å². The molecule has 0 rings (SSSR count). The maximum absolute atomic E-state index is 12.1. The Kier molecular flexibility index (Phi) is 42.0. The number of phosphoric acid groups is 1. The van der Waals surface area contributed by atoms with Crippen LogP contribution in [0.2, 0.25) is 0 Å². The summed E-state index contributed by atoms with van der Waals surface area (Å²) < 4.78 is 34.1. The van der Waals surface area contributed by atoms with Gasteiger partial charge >= 0.3 is 7.82 Å². The Bertz CT molecular complexity index is 681. The fourth-order valence-electron chi connectivity index (χ4n) is 5.65. The third-order valence-electron chi connectivity index (χ3n) is 8.75. The molecule has 0 aromatic carbocycles. The number of phosphoric ester groups is 1. The Morgan fingerprint density at radius 2 is 0.898 bits per heavy atom. The second-order valence-corrected chi connectivity index (χ2v) is 17.6. The first-order valence-electron chi connectivity index (χ1n) is 20.7. The van der Waals surface area contributed by atoms with Crippen molar-refractivity contribution >= 4 is 31.3 Å². The Labute approximate surface area is 313 Å². The summed E-state index contributed by atoms with van der Waals surface area (Å²) in [4.78, 5) is 9.90. The van der Waals surface area contributed by atoms with Crippen molar-refractivity contribution in [3.8, 4) is 0 Å². The lowest BCUT2D eigenvalue weighted by molar-refractivity contribution is -0.0443. The molecule has 3 N–H and O–H groups in total. The second-order valence-electron chi connectivity index (χ2n) is 13.7. The van der Waals surface area contributed by atoms with Gasteiger partial charge in [0, 0.05) is 19.8 Å². The highest BCUT2D eigenvalue weighted by Crippen LogP contribution is 2.43. The van der Waals surface area contributed by atoms with Gasteiger partial charge in [-0.15, -0.1) is 0 Å². The van der Waals surface area contributed by atoms with E-state index >= 15 is 0 Å². The van der Waals surface area contributed by atoms with E-state index in [0.29, 0.717) is 19.8 Å². The van der Waals surface area contributed by atoms with Gasteiger partial charge in [0.05, 0.1) is 19.8 Å². The highest BCUT2D eigenvalue weighted by atomic mass is 32.2. The predicted octanol–water partition coefficient (Wildman–Crippen LogP) is 12.1. The quantitative estimate of drug-likeness (QED) is 0.0465. The van der Waals surface area contributed by atoms with Crippen molar-refractivity contribution in [3.05, 3.63) is 0 Å². The van der Waals surface area contributed by atoms with Crippen LogP contribution in [-0.2, 0) is 23.1 Å². The Morgan fingerprint density at radius 1 is 0.510 bits per heavy atom. The van der Waals surface area contributed by atoms with Gasteiger partial charge in [-0.1, -0.05) is 142 Å². The predicted molar refractivity (Wildman–Crippen MR) is 217 cm³/mol. The summed E-state index contributed by atoms with van der Waals surface area (Å²) in [6, 6.07) is 0. The van der Waals surface area contributed by atoms with Gasteiger partial charge in [0.2, 0.25) is 0 Å². The lowest BCUT2D eigenvalue weighted by Crippen LogP contribution is -2.26. The molecule has 49 heavy (non-hydrogen) atoms. The van der Waals surface area contributed by atoms with Crippen LogP contribution in [0.1, 0.15) is 181 Å². The maximum atomic E-state index is 12.1. The lowest BCUT2D eigenvalue weighted by atomic mass is 10.1. The molecule has 296 valence electrons. The molecule has 0 aromatic heterocycles. The van der Waals surface area contributed by atoms with E-state index in [1.807, 2.05) is 0 Å². The molecule has 0 aliphatic heterocycles. The van der Waals surface area contributed by atoms with Gasteiger partial charge in [-0.3, -0.25) is 9.05 Å². The van der Waals surface area contributed by atoms with E-state index < -0.39 is 13.9 Å². The molecule has 0 heterocycles. The minimum Gasteiger partial charge on any atom is -0.379 e. The van der Waals surface area contributed by atoms with Crippen LogP contribution in [0.25, 0.3) is 0 Å². The molecule has 0 bridgehead atoms. The molecule has 0 fully saturated rings. The molecule has 0 saturated carbocycles. The first-order valence-corrected chi connectivity index (χ1v) is 24.5. The average Bonchev–Trinajstić information content (AvgIpc) is 3.10. The van der Waals surface area contributed by atoms with Gasteiger partial charge in [-0.2, -0.15) is 23.5 Å². The monoisotopic (exact) mass is 756 g/mol. The molecule has 7 nitrogen and oxygen atoms in total. The number of rotatable bonds is 43. The van der Waals surface area contributed by atoms with Crippen molar-refractivity contribution in [1.29, 1.82) is 0 Å². The fraction of sp³-hybridized carbons (Fsp3) is 1.00. The highest BCUT2D eigenvalue weighted by Gasteiger charge is 2.23. The molecule has 0 aliphatic rings. The number of thioether (sulfide) groups is 2. The van der Waals surface area contributed by atoms with Crippen molar-refractivity contribution in [2.24, 2.45) is 5.73 Å². The van der Waals surface area contributed by atoms with Gasteiger partial charge in [0.25, 0.3) is 0 Å². The summed E-state index contributed by atoms with van der Waals surface area (Å²) in [7, 11) is -4.14. The number of hydrogen-bond acceptors (Lipinski definition) is 8. The van der Waals surface area contributed by atoms with Crippen molar-refractivity contribution in [2.75, 3.05) is 62.6 Å². The van der Waals surface area contributed by atoms with Gasteiger partial charge in [-0.25, -0.2) is 4.57 Å². The summed E-state index contributed by atoms with van der Waals surface area (Å²) in [5, 5.41) is 0. The minimum atomic E-state index is -4.14. The fourth-order valence-corrected chi connectivity index (χ4v) is 8.45. The summed E-state index contributed by atoms with van der Waals surface area (Å²) in [6.45, 7) is 6.28. The number of hydrogen-bond donors (Lipinski definition) is 2. The van der Waals surface area contributed by atoms with E-state index in [9.17, 15) is 9.46 Å². The van der Waals surface area contributed by atoms with E-state index in [2.05, 4.69) is 37.4 Å². The first kappa shape index (κ1) is 49.7. The van der Waals surface area contributed by atoms with Crippen LogP contribution in [0.5, 0.6) is 0 Å². The van der Waals surface area contributed by atoms with Crippen LogP contribution in [0.3, 0.4) is 0 Å². The zero-order valence-corrected chi connectivity index (χ0v) is 34.9. The first-order chi connectivity index (χ1) is 24.1. The molecule has 0 aliphatic carbocycles. The molecule has 0 saturated heterocycles. The Balaban J connectivity index is 3.84. The molecule has 2 atom stereocenters. The molecule has 0 spiro atoms. The van der Waals surface area contributed by atoms with Gasteiger partial charge in [-0.05, 0) is 61.5 Å². The van der Waals surface area contributed by atoms with Crippen LogP contribution in [0, 0.1) is 0 Å². The van der Waals surface area contributed by atoms with Crippen molar-refractivity contribution in [2.45, 2.75) is 187 Å². The largest absolute Gasteiger partial charge is 0.472 e. The van der Waals surface area contributed by atoms with Crippen LogP contribution >= 0.6 is 31.3 Å². The topological polar surface area (TPSA) is 100 Å². The summed E-state index contributed by atoms with van der Waals surface area (Å²) in [5.74, 6) is 5.30. The summed E-state index contributed by atoms with van der Waals surface area (Å²) in [5.41, 5.74) is 5.39. The van der Waals surface area contributed by atoms with Gasteiger partial charge in [0.15, 0.2) is 0 Å².